The fourth-order valence-corrected chi connectivity index (χ4v) is 4.45. The molecule has 8 nitrogen and oxygen atoms in total. The Labute approximate surface area is 313 Å². The number of carbonyl (C=O) groups is 3. The number of benzene rings is 4. The number of hydrogen-bond donors (Lipinski definition) is 0. The van der Waals surface area contributed by atoms with Crippen molar-refractivity contribution in [3.8, 4) is 40.9 Å². The predicted octanol–water partition coefficient (Wildman–Crippen LogP) is 8.45. The normalized spacial score (nSPS) is 10.0. The molecule has 0 amide bonds. The smallest absolute Gasteiger partial charge is 0.342 e. The molecule has 0 aliphatic carbocycles. The summed E-state index contributed by atoms with van der Waals surface area (Å²) in [6.07, 6.45) is 6.97. The van der Waals surface area contributed by atoms with Crippen LogP contribution in [0.4, 0.5) is 4.39 Å². The molecule has 0 spiro atoms. The Morgan fingerprint density at radius 2 is 1.31 bits per heavy atom. The second-order valence-corrected chi connectivity index (χ2v) is 11.0. The molecular weight excluding hydrogens is 687 g/mol. The summed E-state index contributed by atoms with van der Waals surface area (Å²) in [5, 5.41) is 0. The van der Waals surface area contributed by atoms with E-state index in [-0.39, 0.29) is 19.0 Å². The second-order valence-electron chi connectivity index (χ2n) is 11.0. The van der Waals surface area contributed by atoms with Crippen LogP contribution in [0.2, 0.25) is 0 Å². The van der Waals surface area contributed by atoms with Crippen LogP contribution in [0.25, 0.3) is 6.08 Å². The van der Waals surface area contributed by atoms with Gasteiger partial charge in [0.2, 0.25) is 6.79 Å². The number of ether oxygens (including phenoxy) is 5. The van der Waals surface area contributed by atoms with Crippen LogP contribution in [-0.4, -0.2) is 31.4 Å². The third kappa shape index (κ3) is 12.4. The minimum Gasteiger partial charge on any atom is -0.458 e. The van der Waals surface area contributed by atoms with E-state index in [0.29, 0.717) is 57.1 Å². The van der Waals surface area contributed by atoms with Crippen LogP contribution in [-0.2, 0) is 25.5 Å². The van der Waals surface area contributed by atoms with E-state index in [0.717, 1.165) is 17.7 Å². The first-order chi connectivity index (χ1) is 26.2. The Morgan fingerprint density at radius 1 is 0.704 bits per heavy atom. The SMILES string of the molecule is C=CC(=C)OCOc1ccc(C#Cc2c(CCCF)cc(C#Cc3ccc(C(=O)O/C=C/c4ccc(OC(=O)C=C)cc4)cc3)cc2OC(=O)C=C)cc1. The Bertz CT molecular complexity index is 2170. The standard InChI is InChI=1S/C45H35FO8/c1-5-32(4)51-31-52-39-21-14-34(15-22-39)18-25-41-38(9-8-27-46)29-36(30-42(41)54-44(48)7-3)11-10-33-12-19-37(20-13-33)45(49)50-28-26-35-16-23-40(24-17-35)53-43(47)6-2/h5-7,12-17,19-24,26,28-30H,1-4,8-9,27,31H2/b28-26+. The molecule has 4 rings (SSSR count). The molecule has 0 atom stereocenters. The lowest BCUT2D eigenvalue weighted by molar-refractivity contribution is -0.129. The number of halogens is 1. The fraction of sp³-hybridized carbons (Fsp3) is 0.0889. The van der Waals surface area contributed by atoms with Gasteiger partial charge in [-0.15, -0.1) is 0 Å². The molecule has 0 radical (unpaired) electrons. The van der Waals surface area contributed by atoms with Crippen molar-refractivity contribution < 1.29 is 42.5 Å². The zero-order chi connectivity index (χ0) is 38.7. The van der Waals surface area contributed by atoms with Crippen molar-refractivity contribution in [2.45, 2.75) is 12.8 Å². The van der Waals surface area contributed by atoms with Crippen molar-refractivity contribution in [3.05, 3.63) is 180 Å². The molecule has 4 aromatic rings. The Balaban J connectivity index is 1.50. The molecule has 0 aliphatic rings. The highest BCUT2D eigenvalue weighted by Gasteiger charge is 2.13. The van der Waals surface area contributed by atoms with E-state index in [1.165, 1.54) is 12.3 Å². The molecule has 0 heterocycles. The van der Waals surface area contributed by atoms with Gasteiger partial charge in [-0.1, -0.05) is 62.1 Å². The second kappa shape index (κ2) is 20.5. The summed E-state index contributed by atoms with van der Waals surface area (Å²) >= 11 is 0. The molecule has 0 aliphatic heterocycles. The van der Waals surface area contributed by atoms with Crippen LogP contribution in [0, 0.1) is 23.7 Å². The van der Waals surface area contributed by atoms with E-state index in [4.69, 9.17) is 23.7 Å². The summed E-state index contributed by atoms with van der Waals surface area (Å²) in [5.41, 5.74) is 3.85. The van der Waals surface area contributed by atoms with Gasteiger partial charge in [-0.25, -0.2) is 14.4 Å². The van der Waals surface area contributed by atoms with Gasteiger partial charge in [-0.3, -0.25) is 4.39 Å². The Kier molecular flexibility index (Phi) is 15.0. The molecule has 270 valence electrons. The maximum absolute atomic E-state index is 13.3. The van der Waals surface area contributed by atoms with Crippen molar-refractivity contribution in [2.24, 2.45) is 0 Å². The first-order valence-corrected chi connectivity index (χ1v) is 16.4. The molecule has 0 saturated heterocycles. The van der Waals surface area contributed by atoms with Crippen molar-refractivity contribution in [2.75, 3.05) is 13.5 Å². The average Bonchev–Trinajstić information content (AvgIpc) is 3.19. The zero-order valence-electron chi connectivity index (χ0n) is 29.3. The number of rotatable bonds is 15. The summed E-state index contributed by atoms with van der Waals surface area (Å²) in [6.45, 7) is 13.5. The highest BCUT2D eigenvalue weighted by Crippen LogP contribution is 2.26. The minimum atomic E-state index is -0.691. The van der Waals surface area contributed by atoms with Crippen LogP contribution in [0.1, 0.15) is 50.2 Å². The molecule has 0 bridgehead atoms. The predicted molar refractivity (Wildman–Crippen MR) is 204 cm³/mol. The average molecular weight is 723 g/mol. The summed E-state index contributed by atoms with van der Waals surface area (Å²) < 4.78 is 40.0. The molecule has 0 saturated carbocycles. The summed E-state index contributed by atoms with van der Waals surface area (Å²) in [7, 11) is 0. The van der Waals surface area contributed by atoms with Gasteiger partial charge in [0.15, 0.2) is 0 Å². The lowest BCUT2D eigenvalue weighted by atomic mass is 9.98. The van der Waals surface area contributed by atoms with Crippen molar-refractivity contribution in [3.63, 3.8) is 0 Å². The van der Waals surface area contributed by atoms with Crippen LogP contribution >= 0.6 is 0 Å². The molecule has 9 heteroatoms. The van der Waals surface area contributed by atoms with Gasteiger partial charge < -0.3 is 23.7 Å². The van der Waals surface area contributed by atoms with E-state index in [9.17, 15) is 18.8 Å². The summed E-state index contributed by atoms with van der Waals surface area (Å²) in [4.78, 5) is 36.2. The van der Waals surface area contributed by atoms with Gasteiger partial charge in [0.1, 0.15) is 23.0 Å². The van der Waals surface area contributed by atoms with Crippen molar-refractivity contribution in [1.29, 1.82) is 0 Å². The van der Waals surface area contributed by atoms with Gasteiger partial charge >= 0.3 is 17.9 Å². The quantitative estimate of drug-likeness (QED) is 0.0230. The first-order valence-electron chi connectivity index (χ1n) is 16.4. The maximum Gasteiger partial charge on any atom is 0.342 e. The van der Waals surface area contributed by atoms with Gasteiger partial charge in [0, 0.05) is 28.8 Å². The molecule has 0 unspecified atom stereocenters. The number of aryl methyl sites for hydroxylation is 1. The van der Waals surface area contributed by atoms with E-state index in [2.05, 4.69) is 50.0 Å². The largest absolute Gasteiger partial charge is 0.458 e. The first kappa shape index (κ1) is 39.4. The van der Waals surface area contributed by atoms with Gasteiger partial charge in [0.25, 0.3) is 0 Å². The monoisotopic (exact) mass is 722 g/mol. The number of esters is 3. The van der Waals surface area contributed by atoms with Gasteiger partial charge in [-0.05, 0) is 109 Å². The van der Waals surface area contributed by atoms with E-state index in [1.54, 1.807) is 91.0 Å². The van der Waals surface area contributed by atoms with E-state index >= 15 is 0 Å². The van der Waals surface area contributed by atoms with Crippen LogP contribution in [0.3, 0.4) is 0 Å². The summed E-state index contributed by atoms with van der Waals surface area (Å²) in [5.74, 6) is 11.9. The lowest BCUT2D eigenvalue weighted by Gasteiger charge is -2.11. The highest BCUT2D eigenvalue weighted by molar-refractivity contribution is 5.90. The van der Waals surface area contributed by atoms with E-state index < -0.39 is 24.6 Å². The number of hydrogen-bond acceptors (Lipinski definition) is 8. The van der Waals surface area contributed by atoms with Gasteiger partial charge in [0.05, 0.1) is 24.1 Å². The van der Waals surface area contributed by atoms with Crippen LogP contribution in [0.5, 0.6) is 17.2 Å². The lowest BCUT2D eigenvalue weighted by Crippen LogP contribution is -2.07. The van der Waals surface area contributed by atoms with Crippen molar-refractivity contribution >= 4 is 24.0 Å². The molecule has 0 fully saturated rings. The maximum atomic E-state index is 13.3. The Hall–Kier alpha value is -7.36. The number of allylic oxidation sites excluding steroid dienone is 1. The van der Waals surface area contributed by atoms with Crippen LogP contribution in [0.15, 0.2) is 141 Å². The number of alkyl halides is 1. The van der Waals surface area contributed by atoms with Crippen molar-refractivity contribution in [1.82, 2.24) is 0 Å². The topological polar surface area (TPSA) is 97.4 Å². The molecule has 0 aromatic heterocycles. The molecule has 4 aromatic carbocycles. The van der Waals surface area contributed by atoms with E-state index in [1.807, 2.05) is 0 Å². The number of carbonyl (C=O) groups excluding carboxylic acids is 3. The Morgan fingerprint density at radius 3 is 1.96 bits per heavy atom. The third-order valence-corrected chi connectivity index (χ3v) is 7.20. The summed E-state index contributed by atoms with van der Waals surface area (Å²) in [6, 6.07) is 23.4. The third-order valence-electron chi connectivity index (χ3n) is 7.20. The van der Waals surface area contributed by atoms with Gasteiger partial charge in [-0.2, -0.15) is 0 Å². The fourth-order valence-electron chi connectivity index (χ4n) is 4.45. The minimum absolute atomic E-state index is 0.0307. The molecule has 0 N–H and O–H groups in total. The highest BCUT2D eigenvalue weighted by atomic mass is 19.1. The van der Waals surface area contributed by atoms with Crippen LogP contribution < -0.4 is 14.2 Å². The zero-order valence-corrected chi connectivity index (χ0v) is 29.3. The molecule has 54 heavy (non-hydrogen) atoms. The molecular formula is C45H35FO8.